The Balaban J connectivity index is 0.00000625. The van der Waals surface area contributed by atoms with Gasteiger partial charge in [-0.15, -0.1) is 24.0 Å². The quantitative estimate of drug-likeness (QED) is 0.204. The summed E-state index contributed by atoms with van der Waals surface area (Å²) in [5, 5.41) is 3.38. The third-order valence-electron chi connectivity index (χ3n) is 3.99. The zero-order chi connectivity index (χ0) is 18.7. The Hall–Kier alpha value is 0.220. The van der Waals surface area contributed by atoms with E-state index in [-0.39, 0.29) is 42.4 Å². The molecule has 0 bridgehead atoms. The van der Waals surface area contributed by atoms with Crippen LogP contribution in [0, 0.1) is 0 Å². The highest BCUT2D eigenvalue weighted by molar-refractivity contribution is 14.0. The smallest absolute Gasteiger partial charge is 0.216 e. The summed E-state index contributed by atoms with van der Waals surface area (Å²) in [5.41, 5.74) is 0. The van der Waals surface area contributed by atoms with Crippen molar-refractivity contribution in [3.8, 4) is 0 Å². The van der Waals surface area contributed by atoms with Crippen molar-refractivity contribution in [1.82, 2.24) is 14.5 Å². The van der Waals surface area contributed by atoms with Crippen LogP contribution in [0.5, 0.6) is 0 Å². The second-order valence-electron chi connectivity index (χ2n) is 6.30. The van der Waals surface area contributed by atoms with Crippen LogP contribution in [0.2, 0.25) is 0 Å². The van der Waals surface area contributed by atoms with Gasteiger partial charge in [0.1, 0.15) is 0 Å². The van der Waals surface area contributed by atoms with Crippen LogP contribution in [0.4, 0.5) is 0 Å². The van der Waals surface area contributed by atoms with Gasteiger partial charge in [0.15, 0.2) is 5.96 Å². The van der Waals surface area contributed by atoms with Crippen molar-refractivity contribution in [3.63, 3.8) is 0 Å². The normalized spacial score (nSPS) is 16.7. The molecule has 7 nitrogen and oxygen atoms in total. The zero-order valence-electron chi connectivity index (χ0n) is 16.4. The van der Waals surface area contributed by atoms with Crippen molar-refractivity contribution >= 4 is 51.7 Å². The molecule has 0 saturated carbocycles. The summed E-state index contributed by atoms with van der Waals surface area (Å²) in [7, 11) is -1.47. The molecule has 1 rings (SSSR count). The van der Waals surface area contributed by atoms with E-state index < -0.39 is 10.0 Å². The lowest BCUT2D eigenvalue weighted by atomic mass is 10.3. The Morgan fingerprint density at radius 2 is 1.88 bits per heavy atom. The second-order valence-corrected chi connectivity index (χ2v) is 9.37. The standard InChI is InChI=1S/C16H34N4O3S2.HI/c1-15(2)23-12-14-25(21,22)20-10-8-19(9-11-20)16(17-3)18-7-5-6-13-24-4;/h15H,5-14H2,1-4H3,(H,17,18);1H. The molecule has 1 N–H and O–H groups in total. The first-order chi connectivity index (χ1) is 11.9. The second kappa shape index (κ2) is 14.3. The van der Waals surface area contributed by atoms with Crippen LogP contribution in [0.15, 0.2) is 4.99 Å². The van der Waals surface area contributed by atoms with E-state index in [1.807, 2.05) is 25.6 Å². The minimum Gasteiger partial charge on any atom is -0.378 e. The molecular formula is C16H35IN4O3S2. The first-order valence-corrected chi connectivity index (χ1v) is 11.9. The molecule has 0 aromatic rings. The number of hydrogen-bond donors (Lipinski definition) is 1. The number of rotatable bonds is 10. The molecule has 0 spiro atoms. The van der Waals surface area contributed by atoms with Crippen molar-refractivity contribution in [2.45, 2.75) is 32.8 Å². The molecule has 0 radical (unpaired) electrons. The van der Waals surface area contributed by atoms with Crippen LogP contribution >= 0.6 is 35.7 Å². The van der Waals surface area contributed by atoms with Gasteiger partial charge < -0.3 is 15.0 Å². The van der Waals surface area contributed by atoms with Gasteiger partial charge in [0.25, 0.3) is 0 Å². The summed E-state index contributed by atoms with van der Waals surface area (Å²) < 4.78 is 31.7. The fourth-order valence-electron chi connectivity index (χ4n) is 2.60. The van der Waals surface area contributed by atoms with E-state index in [0.29, 0.717) is 26.2 Å². The van der Waals surface area contributed by atoms with Crippen molar-refractivity contribution in [2.75, 3.05) is 64.1 Å². The number of hydrogen-bond acceptors (Lipinski definition) is 5. The Labute approximate surface area is 180 Å². The average Bonchev–Trinajstić information content (AvgIpc) is 2.58. The molecule has 0 amide bonds. The molecule has 1 aliphatic heterocycles. The summed E-state index contributed by atoms with van der Waals surface area (Å²) in [6.45, 7) is 7.28. The minimum absolute atomic E-state index is 0. The van der Waals surface area contributed by atoms with Crippen molar-refractivity contribution in [1.29, 1.82) is 0 Å². The van der Waals surface area contributed by atoms with Gasteiger partial charge >= 0.3 is 0 Å². The van der Waals surface area contributed by atoms with E-state index in [9.17, 15) is 8.42 Å². The molecule has 10 heteroatoms. The molecule has 26 heavy (non-hydrogen) atoms. The van der Waals surface area contributed by atoms with Gasteiger partial charge in [-0.2, -0.15) is 16.1 Å². The molecular weight excluding hydrogens is 487 g/mol. The summed E-state index contributed by atoms with van der Waals surface area (Å²) in [6, 6.07) is 0. The first-order valence-electron chi connectivity index (χ1n) is 8.94. The van der Waals surface area contributed by atoms with Crippen molar-refractivity contribution in [2.24, 2.45) is 4.99 Å². The summed E-state index contributed by atoms with van der Waals surface area (Å²) in [4.78, 5) is 6.45. The van der Waals surface area contributed by atoms with Gasteiger partial charge in [0, 0.05) is 39.8 Å². The Morgan fingerprint density at radius 3 is 2.42 bits per heavy atom. The predicted octanol–water partition coefficient (Wildman–Crippen LogP) is 1.70. The van der Waals surface area contributed by atoms with Gasteiger partial charge in [0.2, 0.25) is 10.0 Å². The highest BCUT2D eigenvalue weighted by Crippen LogP contribution is 2.09. The molecule has 1 saturated heterocycles. The number of ether oxygens (including phenoxy) is 1. The molecule has 1 aliphatic rings. The van der Waals surface area contributed by atoms with Gasteiger partial charge in [-0.25, -0.2) is 8.42 Å². The number of guanidine groups is 1. The van der Waals surface area contributed by atoms with Gasteiger partial charge in [-0.05, 0) is 38.7 Å². The van der Waals surface area contributed by atoms with Crippen LogP contribution in [0.3, 0.4) is 0 Å². The number of thioether (sulfide) groups is 1. The third kappa shape index (κ3) is 9.95. The van der Waals surface area contributed by atoms with E-state index in [0.717, 1.165) is 18.9 Å². The lowest BCUT2D eigenvalue weighted by Gasteiger charge is -2.35. The van der Waals surface area contributed by atoms with Gasteiger partial charge in [0.05, 0.1) is 18.5 Å². The first kappa shape index (κ1) is 26.2. The Morgan fingerprint density at radius 1 is 1.23 bits per heavy atom. The number of sulfonamides is 1. The van der Waals surface area contributed by atoms with E-state index in [4.69, 9.17) is 4.74 Å². The lowest BCUT2D eigenvalue weighted by Crippen LogP contribution is -2.54. The fourth-order valence-corrected chi connectivity index (χ4v) is 4.38. The topological polar surface area (TPSA) is 74.2 Å². The monoisotopic (exact) mass is 522 g/mol. The summed E-state index contributed by atoms with van der Waals surface area (Å²) >= 11 is 1.86. The predicted molar refractivity (Wildman–Crippen MR) is 122 cm³/mol. The molecule has 1 fully saturated rings. The van der Waals surface area contributed by atoms with E-state index in [2.05, 4.69) is 21.5 Å². The largest absolute Gasteiger partial charge is 0.378 e. The van der Waals surface area contributed by atoms with E-state index in [1.165, 1.54) is 12.2 Å². The van der Waals surface area contributed by atoms with Crippen LogP contribution < -0.4 is 5.32 Å². The molecule has 156 valence electrons. The maximum atomic E-state index is 12.4. The van der Waals surface area contributed by atoms with Crippen LogP contribution in [-0.2, 0) is 14.8 Å². The van der Waals surface area contributed by atoms with Gasteiger partial charge in [-0.1, -0.05) is 0 Å². The molecule has 1 heterocycles. The van der Waals surface area contributed by atoms with E-state index in [1.54, 1.807) is 11.4 Å². The fraction of sp³-hybridized carbons (Fsp3) is 0.938. The van der Waals surface area contributed by atoms with Crippen LogP contribution in [0.1, 0.15) is 26.7 Å². The van der Waals surface area contributed by atoms with Crippen molar-refractivity contribution < 1.29 is 13.2 Å². The summed E-state index contributed by atoms with van der Waals surface area (Å²) in [5.74, 6) is 2.09. The lowest BCUT2D eigenvalue weighted by molar-refractivity contribution is 0.0904. The number of piperazine rings is 1. The maximum Gasteiger partial charge on any atom is 0.216 e. The average molecular weight is 523 g/mol. The molecule has 0 unspecified atom stereocenters. The number of halogens is 1. The van der Waals surface area contributed by atoms with Gasteiger partial charge in [-0.3, -0.25) is 4.99 Å². The van der Waals surface area contributed by atoms with Crippen LogP contribution in [-0.4, -0.2) is 93.8 Å². The summed E-state index contributed by atoms with van der Waals surface area (Å²) in [6.07, 6.45) is 4.48. The third-order valence-corrected chi connectivity index (χ3v) is 6.53. The molecule has 0 aromatic heterocycles. The SMILES string of the molecule is CN=C(NCCCCSC)N1CCN(S(=O)(=O)CCOC(C)C)CC1.I. The Bertz CT molecular complexity index is 496. The maximum absolute atomic E-state index is 12.4. The molecule has 0 atom stereocenters. The number of nitrogens with zero attached hydrogens (tertiary/aromatic N) is 3. The van der Waals surface area contributed by atoms with Crippen LogP contribution in [0.25, 0.3) is 0 Å². The minimum atomic E-state index is -3.24. The highest BCUT2D eigenvalue weighted by atomic mass is 127. The molecule has 0 aliphatic carbocycles. The Kier molecular flexibility index (Phi) is 14.4. The highest BCUT2D eigenvalue weighted by Gasteiger charge is 2.27. The zero-order valence-corrected chi connectivity index (χ0v) is 20.4. The van der Waals surface area contributed by atoms with Crippen molar-refractivity contribution in [3.05, 3.63) is 0 Å². The number of aliphatic imine (C=N–C) groups is 1. The van der Waals surface area contributed by atoms with E-state index >= 15 is 0 Å². The number of nitrogens with one attached hydrogen (secondary N) is 1. The number of unbranched alkanes of at least 4 members (excludes halogenated alkanes) is 1. The molecule has 0 aromatic carbocycles.